The Kier molecular flexibility index (Phi) is 6.96. The van der Waals surface area contributed by atoms with Crippen molar-refractivity contribution in [1.29, 1.82) is 5.26 Å². The molecule has 2 aromatic carbocycles. The number of nitriles is 1. The van der Waals surface area contributed by atoms with Crippen LogP contribution in [0.1, 0.15) is 36.0 Å². The van der Waals surface area contributed by atoms with Crippen molar-refractivity contribution in [3.8, 4) is 17.6 Å². The van der Waals surface area contributed by atoms with Gasteiger partial charge in [0, 0.05) is 31.6 Å². The average molecular weight is 393 g/mol. The number of hydrogen-bond acceptors (Lipinski definition) is 4. The summed E-state index contributed by atoms with van der Waals surface area (Å²) in [6, 6.07) is 15.8. The Hall–Kier alpha value is -3.20. The first-order valence-electron chi connectivity index (χ1n) is 9.92. The highest BCUT2D eigenvalue weighted by Gasteiger charge is 2.27. The van der Waals surface area contributed by atoms with Crippen molar-refractivity contribution in [2.75, 3.05) is 33.9 Å². The third kappa shape index (κ3) is 5.20. The lowest BCUT2D eigenvalue weighted by molar-refractivity contribution is 0.392. The van der Waals surface area contributed by atoms with Crippen molar-refractivity contribution in [3.63, 3.8) is 0 Å². The van der Waals surface area contributed by atoms with Gasteiger partial charge in [-0.1, -0.05) is 12.1 Å². The van der Waals surface area contributed by atoms with Crippen LogP contribution in [-0.2, 0) is 6.54 Å². The summed E-state index contributed by atoms with van der Waals surface area (Å²) in [6.07, 6.45) is 1.05. The molecule has 0 spiro atoms. The number of guanidine groups is 1. The van der Waals surface area contributed by atoms with Crippen molar-refractivity contribution in [2.24, 2.45) is 4.99 Å². The number of hydrogen-bond donors (Lipinski definition) is 1. The Bertz CT molecular complexity index is 864. The lowest BCUT2D eigenvalue weighted by Gasteiger charge is -2.22. The van der Waals surface area contributed by atoms with Crippen molar-refractivity contribution < 1.29 is 9.47 Å². The molecule has 29 heavy (non-hydrogen) atoms. The van der Waals surface area contributed by atoms with Gasteiger partial charge >= 0.3 is 0 Å². The van der Waals surface area contributed by atoms with Gasteiger partial charge in [0.1, 0.15) is 11.5 Å². The molecule has 6 heteroatoms. The fourth-order valence-corrected chi connectivity index (χ4v) is 3.57. The Morgan fingerprint density at radius 3 is 2.45 bits per heavy atom. The molecule has 1 fully saturated rings. The molecule has 1 atom stereocenters. The van der Waals surface area contributed by atoms with E-state index < -0.39 is 0 Å². The zero-order valence-corrected chi connectivity index (χ0v) is 17.3. The maximum absolute atomic E-state index is 8.93. The minimum atomic E-state index is 0.401. The van der Waals surface area contributed by atoms with Crippen molar-refractivity contribution in [3.05, 3.63) is 59.2 Å². The van der Waals surface area contributed by atoms with Gasteiger partial charge in [0.2, 0.25) is 0 Å². The number of nitrogens with zero attached hydrogens (tertiary/aromatic N) is 3. The second-order valence-electron chi connectivity index (χ2n) is 7.06. The molecule has 3 rings (SSSR count). The molecule has 1 heterocycles. The van der Waals surface area contributed by atoms with Crippen molar-refractivity contribution in [1.82, 2.24) is 10.2 Å². The van der Waals surface area contributed by atoms with Gasteiger partial charge in [-0.3, -0.25) is 0 Å². The van der Waals surface area contributed by atoms with E-state index in [9.17, 15) is 0 Å². The van der Waals surface area contributed by atoms with E-state index in [4.69, 9.17) is 19.7 Å². The first-order valence-corrected chi connectivity index (χ1v) is 9.92. The summed E-state index contributed by atoms with van der Waals surface area (Å²) < 4.78 is 10.8. The van der Waals surface area contributed by atoms with Gasteiger partial charge in [-0.05, 0) is 48.7 Å². The van der Waals surface area contributed by atoms with Crippen LogP contribution in [0.15, 0.2) is 47.5 Å². The molecule has 0 saturated carbocycles. The molecule has 0 radical (unpaired) electrons. The summed E-state index contributed by atoms with van der Waals surface area (Å²) in [5.74, 6) is 2.96. The van der Waals surface area contributed by atoms with Gasteiger partial charge in [-0.2, -0.15) is 5.26 Å². The molecule has 1 aliphatic heterocycles. The molecule has 0 amide bonds. The molecule has 152 valence electrons. The van der Waals surface area contributed by atoms with Gasteiger partial charge < -0.3 is 19.7 Å². The topological polar surface area (TPSA) is 69.9 Å². The highest BCUT2D eigenvalue weighted by atomic mass is 16.5. The maximum atomic E-state index is 8.93. The molecule has 2 aromatic rings. The molecule has 1 saturated heterocycles. The van der Waals surface area contributed by atoms with Gasteiger partial charge in [-0.15, -0.1) is 0 Å². The first kappa shape index (κ1) is 20.5. The standard InChI is InChI=1S/C23H28N4O2/c1-4-25-23(26-15-18-7-5-17(14-24)6-8-18)27-10-9-19(16-27)20-11-21(28-2)13-22(12-20)29-3/h5-8,11-13,19H,4,9-10,15-16H2,1-3H3,(H,25,26). The van der Waals surface area contributed by atoms with E-state index in [2.05, 4.69) is 35.3 Å². The molecule has 1 aliphatic rings. The molecule has 6 nitrogen and oxygen atoms in total. The molecule has 0 aliphatic carbocycles. The average Bonchev–Trinajstić information content (AvgIpc) is 3.26. The summed E-state index contributed by atoms with van der Waals surface area (Å²) in [4.78, 5) is 7.13. The van der Waals surface area contributed by atoms with Gasteiger partial charge in [0.05, 0.1) is 32.4 Å². The van der Waals surface area contributed by atoms with Crippen LogP contribution in [0.3, 0.4) is 0 Å². The summed E-state index contributed by atoms with van der Waals surface area (Å²) >= 11 is 0. The smallest absolute Gasteiger partial charge is 0.194 e. The minimum Gasteiger partial charge on any atom is -0.497 e. The largest absolute Gasteiger partial charge is 0.497 e. The Labute approximate surface area is 172 Å². The number of methoxy groups -OCH3 is 2. The summed E-state index contributed by atoms with van der Waals surface area (Å²) in [7, 11) is 3.36. The lowest BCUT2D eigenvalue weighted by Crippen LogP contribution is -2.40. The molecular weight excluding hydrogens is 364 g/mol. The predicted octanol–water partition coefficient (Wildman–Crippen LogP) is 3.53. The van der Waals surface area contributed by atoms with E-state index in [1.54, 1.807) is 14.2 Å². The molecular formula is C23H28N4O2. The zero-order valence-electron chi connectivity index (χ0n) is 17.3. The van der Waals surface area contributed by atoms with E-state index in [0.29, 0.717) is 18.0 Å². The van der Waals surface area contributed by atoms with Gasteiger partial charge in [0.15, 0.2) is 5.96 Å². The third-order valence-corrected chi connectivity index (χ3v) is 5.16. The fourth-order valence-electron chi connectivity index (χ4n) is 3.57. The number of ether oxygens (including phenoxy) is 2. The van der Waals surface area contributed by atoms with Crippen LogP contribution in [0.5, 0.6) is 11.5 Å². The minimum absolute atomic E-state index is 0.401. The number of likely N-dealkylation sites (tertiary alicyclic amines) is 1. The number of nitrogens with one attached hydrogen (secondary N) is 1. The van der Waals surface area contributed by atoms with Crippen molar-refractivity contribution in [2.45, 2.75) is 25.8 Å². The Morgan fingerprint density at radius 2 is 1.86 bits per heavy atom. The first-order chi connectivity index (χ1) is 14.2. The van der Waals surface area contributed by atoms with E-state index in [0.717, 1.165) is 49.1 Å². The highest BCUT2D eigenvalue weighted by molar-refractivity contribution is 5.80. The maximum Gasteiger partial charge on any atom is 0.194 e. The molecule has 1 N–H and O–H groups in total. The van der Waals surface area contributed by atoms with E-state index in [1.807, 2.05) is 30.3 Å². The van der Waals surface area contributed by atoms with E-state index >= 15 is 0 Å². The number of rotatable bonds is 6. The monoisotopic (exact) mass is 392 g/mol. The predicted molar refractivity (Wildman–Crippen MR) is 114 cm³/mol. The summed E-state index contributed by atoms with van der Waals surface area (Å²) in [6.45, 7) is 5.33. The van der Waals surface area contributed by atoms with Gasteiger partial charge in [-0.25, -0.2) is 4.99 Å². The quantitative estimate of drug-likeness (QED) is 0.602. The molecule has 0 aromatic heterocycles. The normalized spacial score (nSPS) is 16.4. The van der Waals surface area contributed by atoms with Crippen molar-refractivity contribution >= 4 is 5.96 Å². The summed E-state index contributed by atoms with van der Waals surface area (Å²) in [5.41, 5.74) is 2.99. The Morgan fingerprint density at radius 1 is 1.17 bits per heavy atom. The van der Waals surface area contributed by atoms with E-state index in [1.165, 1.54) is 5.56 Å². The molecule has 1 unspecified atom stereocenters. The van der Waals surface area contributed by atoms with Crippen LogP contribution in [0.4, 0.5) is 0 Å². The SMILES string of the molecule is CCNC(=NCc1ccc(C#N)cc1)N1CCC(c2cc(OC)cc(OC)c2)C1. The lowest BCUT2D eigenvalue weighted by atomic mass is 9.98. The van der Waals surface area contributed by atoms with Crippen LogP contribution >= 0.6 is 0 Å². The molecule has 0 bridgehead atoms. The second kappa shape index (κ2) is 9.83. The van der Waals surface area contributed by atoms with E-state index in [-0.39, 0.29) is 0 Å². The van der Waals surface area contributed by atoms with Crippen LogP contribution in [-0.4, -0.2) is 44.7 Å². The van der Waals surface area contributed by atoms with Crippen LogP contribution in [0, 0.1) is 11.3 Å². The summed E-state index contributed by atoms with van der Waals surface area (Å²) in [5, 5.41) is 12.3. The third-order valence-electron chi connectivity index (χ3n) is 5.16. The van der Waals surface area contributed by atoms with Gasteiger partial charge in [0.25, 0.3) is 0 Å². The number of benzene rings is 2. The van der Waals surface area contributed by atoms with Crippen LogP contribution < -0.4 is 14.8 Å². The zero-order chi connectivity index (χ0) is 20.6. The number of aliphatic imine (C=N–C) groups is 1. The second-order valence-corrected chi connectivity index (χ2v) is 7.06. The fraction of sp³-hybridized carbons (Fsp3) is 0.391. The Balaban J connectivity index is 1.72. The van der Waals surface area contributed by atoms with Crippen LogP contribution in [0.25, 0.3) is 0 Å². The van der Waals surface area contributed by atoms with Crippen LogP contribution in [0.2, 0.25) is 0 Å². The highest BCUT2D eigenvalue weighted by Crippen LogP contribution is 2.32.